The highest BCUT2D eigenvalue weighted by molar-refractivity contribution is 5.72. The first kappa shape index (κ1) is 14.0. The molecule has 0 amide bonds. The van der Waals surface area contributed by atoms with Crippen molar-refractivity contribution in [1.29, 1.82) is 0 Å². The molecule has 2 unspecified atom stereocenters. The molecule has 4 heteroatoms. The minimum atomic E-state index is -0.841. The van der Waals surface area contributed by atoms with Gasteiger partial charge in [0.2, 0.25) is 0 Å². The summed E-state index contributed by atoms with van der Waals surface area (Å²) in [5.41, 5.74) is 1.35. The lowest BCUT2D eigenvalue weighted by Gasteiger charge is -2.12. The van der Waals surface area contributed by atoms with Gasteiger partial charge < -0.3 is 15.2 Å². The van der Waals surface area contributed by atoms with Crippen molar-refractivity contribution in [2.75, 3.05) is 13.1 Å². The molecule has 1 saturated heterocycles. The van der Waals surface area contributed by atoms with Crippen LogP contribution >= 0.6 is 0 Å². The standard InChI is InChI=1S/C15H21NO3/c17-15(18)14-9-8-13(19-14)11-16-10-4-7-12-5-2-1-3-6-12/h1-3,5-6,13-14,16H,4,7-11H2,(H,17,18). The molecule has 2 atom stereocenters. The summed E-state index contributed by atoms with van der Waals surface area (Å²) in [6.07, 6.45) is 3.07. The van der Waals surface area contributed by atoms with Gasteiger partial charge in [0.1, 0.15) is 0 Å². The molecule has 1 aromatic rings. The van der Waals surface area contributed by atoms with Crippen LogP contribution in [0.4, 0.5) is 0 Å². The third kappa shape index (κ3) is 4.65. The lowest BCUT2D eigenvalue weighted by molar-refractivity contribution is -0.149. The maximum Gasteiger partial charge on any atom is 0.332 e. The Morgan fingerprint density at radius 3 is 2.79 bits per heavy atom. The molecule has 104 valence electrons. The first-order valence-electron chi connectivity index (χ1n) is 6.88. The summed E-state index contributed by atoms with van der Waals surface area (Å²) in [5.74, 6) is -0.841. The molecule has 0 aromatic heterocycles. The van der Waals surface area contributed by atoms with E-state index in [1.54, 1.807) is 0 Å². The van der Waals surface area contributed by atoms with Gasteiger partial charge in [-0.2, -0.15) is 0 Å². The third-order valence-electron chi connectivity index (χ3n) is 3.42. The molecule has 1 fully saturated rings. The number of benzene rings is 1. The van der Waals surface area contributed by atoms with E-state index in [1.165, 1.54) is 5.56 Å². The molecule has 1 aliphatic heterocycles. The van der Waals surface area contributed by atoms with E-state index in [1.807, 2.05) is 6.07 Å². The van der Waals surface area contributed by atoms with Crippen LogP contribution in [-0.4, -0.2) is 36.4 Å². The fourth-order valence-corrected chi connectivity index (χ4v) is 2.36. The number of aryl methyl sites for hydroxylation is 1. The van der Waals surface area contributed by atoms with Crippen LogP contribution in [0.5, 0.6) is 0 Å². The zero-order valence-electron chi connectivity index (χ0n) is 11.0. The predicted molar refractivity (Wildman–Crippen MR) is 73.2 cm³/mol. The average molecular weight is 263 g/mol. The van der Waals surface area contributed by atoms with Crippen LogP contribution in [0, 0.1) is 0 Å². The minimum Gasteiger partial charge on any atom is -0.479 e. The average Bonchev–Trinajstić information content (AvgIpc) is 2.89. The Kier molecular flexibility index (Phi) is 5.36. The van der Waals surface area contributed by atoms with E-state index in [9.17, 15) is 4.79 Å². The summed E-state index contributed by atoms with van der Waals surface area (Å²) in [4.78, 5) is 10.7. The van der Waals surface area contributed by atoms with Crippen LogP contribution in [0.15, 0.2) is 30.3 Å². The fraction of sp³-hybridized carbons (Fsp3) is 0.533. The summed E-state index contributed by atoms with van der Waals surface area (Å²) in [6.45, 7) is 1.69. The molecule has 0 aliphatic carbocycles. The van der Waals surface area contributed by atoms with Gasteiger partial charge >= 0.3 is 5.97 Å². The number of carboxylic acids is 1. The number of ether oxygens (including phenoxy) is 1. The fourth-order valence-electron chi connectivity index (χ4n) is 2.36. The van der Waals surface area contributed by atoms with Crippen LogP contribution in [0.1, 0.15) is 24.8 Å². The normalized spacial score (nSPS) is 22.5. The Balaban J connectivity index is 1.54. The zero-order valence-corrected chi connectivity index (χ0v) is 11.0. The highest BCUT2D eigenvalue weighted by Crippen LogP contribution is 2.19. The Morgan fingerprint density at radius 2 is 2.11 bits per heavy atom. The van der Waals surface area contributed by atoms with Crippen molar-refractivity contribution in [3.8, 4) is 0 Å². The van der Waals surface area contributed by atoms with Crippen molar-refractivity contribution in [3.63, 3.8) is 0 Å². The van der Waals surface area contributed by atoms with Gasteiger partial charge in [-0.3, -0.25) is 0 Å². The number of hydrogen-bond acceptors (Lipinski definition) is 3. The van der Waals surface area contributed by atoms with Crippen molar-refractivity contribution in [3.05, 3.63) is 35.9 Å². The summed E-state index contributed by atoms with van der Waals surface area (Å²) < 4.78 is 5.43. The molecule has 19 heavy (non-hydrogen) atoms. The highest BCUT2D eigenvalue weighted by Gasteiger charge is 2.29. The Morgan fingerprint density at radius 1 is 1.32 bits per heavy atom. The van der Waals surface area contributed by atoms with Gasteiger partial charge in [-0.25, -0.2) is 4.79 Å². The van der Waals surface area contributed by atoms with Crippen molar-refractivity contribution < 1.29 is 14.6 Å². The summed E-state index contributed by atoms with van der Waals surface area (Å²) in [6, 6.07) is 10.4. The van der Waals surface area contributed by atoms with Gasteiger partial charge in [0.25, 0.3) is 0 Å². The van der Waals surface area contributed by atoms with Crippen LogP contribution in [0.25, 0.3) is 0 Å². The van der Waals surface area contributed by atoms with E-state index in [-0.39, 0.29) is 6.10 Å². The van der Waals surface area contributed by atoms with Crippen LogP contribution in [-0.2, 0) is 16.0 Å². The summed E-state index contributed by atoms with van der Waals surface area (Å²) in [5, 5.41) is 12.2. The van der Waals surface area contributed by atoms with Crippen molar-refractivity contribution in [2.24, 2.45) is 0 Å². The predicted octanol–water partition coefficient (Wildman–Crippen LogP) is 1.84. The maximum absolute atomic E-state index is 10.7. The number of nitrogens with one attached hydrogen (secondary N) is 1. The van der Waals surface area contributed by atoms with E-state index in [2.05, 4.69) is 29.6 Å². The Hall–Kier alpha value is -1.39. The molecule has 2 rings (SSSR count). The lowest BCUT2D eigenvalue weighted by atomic mass is 10.1. The number of rotatable bonds is 7. The molecule has 1 aliphatic rings. The topological polar surface area (TPSA) is 58.6 Å². The maximum atomic E-state index is 10.7. The smallest absolute Gasteiger partial charge is 0.332 e. The Labute approximate surface area is 113 Å². The van der Waals surface area contributed by atoms with Crippen molar-refractivity contribution in [1.82, 2.24) is 5.32 Å². The second kappa shape index (κ2) is 7.26. The summed E-state index contributed by atoms with van der Waals surface area (Å²) >= 11 is 0. The van der Waals surface area contributed by atoms with E-state index in [0.717, 1.165) is 32.4 Å². The molecule has 0 bridgehead atoms. The molecule has 2 N–H and O–H groups in total. The second-order valence-corrected chi connectivity index (χ2v) is 4.96. The van der Waals surface area contributed by atoms with Gasteiger partial charge in [0.15, 0.2) is 6.10 Å². The zero-order chi connectivity index (χ0) is 13.5. The van der Waals surface area contributed by atoms with Crippen LogP contribution < -0.4 is 5.32 Å². The molecule has 0 spiro atoms. The first-order valence-corrected chi connectivity index (χ1v) is 6.88. The van der Waals surface area contributed by atoms with E-state index < -0.39 is 12.1 Å². The number of carbonyl (C=O) groups is 1. The molecule has 1 aromatic carbocycles. The van der Waals surface area contributed by atoms with Gasteiger partial charge in [-0.1, -0.05) is 30.3 Å². The molecular weight excluding hydrogens is 242 g/mol. The first-order chi connectivity index (χ1) is 9.25. The highest BCUT2D eigenvalue weighted by atomic mass is 16.5. The van der Waals surface area contributed by atoms with Crippen molar-refractivity contribution in [2.45, 2.75) is 37.9 Å². The van der Waals surface area contributed by atoms with Gasteiger partial charge in [-0.15, -0.1) is 0 Å². The number of carboxylic acid groups (broad SMARTS) is 1. The third-order valence-corrected chi connectivity index (χ3v) is 3.42. The molecule has 0 radical (unpaired) electrons. The monoisotopic (exact) mass is 263 g/mol. The molecule has 0 saturated carbocycles. The molecular formula is C15H21NO3. The number of hydrogen-bond donors (Lipinski definition) is 2. The summed E-state index contributed by atoms with van der Waals surface area (Å²) in [7, 11) is 0. The van der Waals surface area contributed by atoms with Gasteiger partial charge in [0, 0.05) is 6.54 Å². The largest absolute Gasteiger partial charge is 0.479 e. The van der Waals surface area contributed by atoms with Gasteiger partial charge in [-0.05, 0) is 37.8 Å². The molecule has 4 nitrogen and oxygen atoms in total. The minimum absolute atomic E-state index is 0.0535. The quantitative estimate of drug-likeness (QED) is 0.737. The second-order valence-electron chi connectivity index (χ2n) is 4.96. The number of aliphatic carboxylic acids is 1. The van der Waals surface area contributed by atoms with Crippen LogP contribution in [0.3, 0.4) is 0 Å². The van der Waals surface area contributed by atoms with Crippen LogP contribution in [0.2, 0.25) is 0 Å². The van der Waals surface area contributed by atoms with Crippen molar-refractivity contribution >= 4 is 5.97 Å². The van der Waals surface area contributed by atoms with E-state index in [0.29, 0.717) is 6.42 Å². The van der Waals surface area contributed by atoms with E-state index in [4.69, 9.17) is 9.84 Å². The SMILES string of the molecule is O=C(O)C1CCC(CNCCCc2ccccc2)O1. The van der Waals surface area contributed by atoms with Gasteiger partial charge in [0.05, 0.1) is 6.10 Å². The Bertz CT molecular complexity index is 394. The lowest BCUT2D eigenvalue weighted by Crippen LogP contribution is -2.29. The van der Waals surface area contributed by atoms with E-state index >= 15 is 0 Å². The molecule has 1 heterocycles.